The Hall–Kier alpha value is 0.350. The largest absolute Gasteiger partial charge is 0.303 e. The summed E-state index contributed by atoms with van der Waals surface area (Å²) in [6.45, 7) is 0. The molecule has 58 valence electrons. The molecule has 0 aliphatic carbocycles. The van der Waals surface area contributed by atoms with Crippen molar-refractivity contribution in [1.82, 2.24) is 0 Å². The minimum absolute atomic E-state index is 0.525. The Morgan fingerprint density at radius 1 is 1.27 bits per heavy atom. The Kier molecular flexibility index (Phi) is 3.77. The molecule has 0 saturated heterocycles. The molecule has 0 saturated carbocycles. The highest BCUT2D eigenvalue weighted by atomic mass is 127. The van der Waals surface area contributed by atoms with Crippen LogP contribution in [0.4, 0.5) is 0 Å². The highest BCUT2D eigenvalue weighted by Crippen LogP contribution is 2.18. The molecule has 0 heterocycles. The normalized spacial score (nSPS) is 9.64. The highest BCUT2D eigenvalue weighted by Gasteiger charge is 2.01. The van der Waals surface area contributed by atoms with Crippen LogP contribution in [0.5, 0.6) is 0 Å². The van der Waals surface area contributed by atoms with Crippen molar-refractivity contribution in [2.75, 3.05) is 0 Å². The molecular formula is C8H6I2O. The second-order valence-corrected chi connectivity index (χ2v) is 4.40. The zero-order chi connectivity index (χ0) is 8.27. The minimum atomic E-state index is 0.525. The predicted molar refractivity (Wildman–Crippen MR) is 61.6 cm³/mol. The van der Waals surface area contributed by atoms with Crippen LogP contribution >= 0.6 is 45.2 Å². The molecule has 0 amide bonds. The van der Waals surface area contributed by atoms with Gasteiger partial charge in [0.15, 0.2) is 0 Å². The summed E-state index contributed by atoms with van der Waals surface area (Å²) in [5, 5.41) is 0. The van der Waals surface area contributed by atoms with Crippen molar-refractivity contribution >= 4 is 51.5 Å². The van der Waals surface area contributed by atoms with Crippen LogP contribution in [0.15, 0.2) is 18.2 Å². The van der Waals surface area contributed by atoms with Gasteiger partial charge in [0.2, 0.25) is 0 Å². The molecule has 0 radical (unpaired) electrons. The summed E-state index contributed by atoms with van der Waals surface area (Å²) >= 11 is 4.49. The predicted octanol–water partition coefficient (Wildman–Crippen LogP) is 2.64. The maximum Gasteiger partial charge on any atom is 0.124 e. The topological polar surface area (TPSA) is 17.1 Å². The SMILES string of the molecule is O=CCc1c(I)cccc1I. The molecule has 0 fully saturated rings. The summed E-state index contributed by atoms with van der Waals surface area (Å²) in [4.78, 5) is 10.3. The van der Waals surface area contributed by atoms with Crippen molar-refractivity contribution in [2.24, 2.45) is 0 Å². The summed E-state index contributed by atoms with van der Waals surface area (Å²) in [7, 11) is 0. The fourth-order valence-electron chi connectivity index (χ4n) is 0.811. The summed E-state index contributed by atoms with van der Waals surface area (Å²) < 4.78 is 2.34. The Morgan fingerprint density at radius 2 is 1.82 bits per heavy atom. The molecule has 0 aliphatic rings. The Morgan fingerprint density at radius 3 is 2.27 bits per heavy atom. The lowest BCUT2D eigenvalue weighted by molar-refractivity contribution is -0.107. The van der Waals surface area contributed by atoms with Crippen LogP contribution in [0.25, 0.3) is 0 Å². The standard InChI is InChI=1S/C8H6I2O/c9-7-2-1-3-8(10)6(7)4-5-11/h1-3,5H,4H2. The first kappa shape index (κ1) is 9.44. The number of aldehydes is 1. The molecular weight excluding hydrogens is 366 g/mol. The third-order valence-electron chi connectivity index (χ3n) is 1.35. The maximum atomic E-state index is 10.3. The molecule has 0 aliphatic heterocycles. The van der Waals surface area contributed by atoms with Gasteiger partial charge in [0, 0.05) is 13.6 Å². The van der Waals surface area contributed by atoms with Crippen molar-refractivity contribution in [3.05, 3.63) is 30.9 Å². The van der Waals surface area contributed by atoms with Gasteiger partial charge >= 0.3 is 0 Å². The minimum Gasteiger partial charge on any atom is -0.303 e. The zero-order valence-electron chi connectivity index (χ0n) is 5.68. The summed E-state index contributed by atoms with van der Waals surface area (Å²) in [6, 6.07) is 6.03. The second-order valence-electron chi connectivity index (χ2n) is 2.07. The van der Waals surface area contributed by atoms with E-state index in [1.54, 1.807) is 0 Å². The number of halogens is 2. The van der Waals surface area contributed by atoms with Crippen LogP contribution in [0.1, 0.15) is 5.56 Å². The Balaban J connectivity index is 3.09. The van der Waals surface area contributed by atoms with Gasteiger partial charge in [0.05, 0.1) is 0 Å². The number of hydrogen-bond donors (Lipinski definition) is 0. The quantitative estimate of drug-likeness (QED) is 0.577. The molecule has 3 heteroatoms. The maximum absolute atomic E-state index is 10.3. The van der Waals surface area contributed by atoms with Crippen LogP contribution in [-0.2, 0) is 11.2 Å². The Bertz CT molecular complexity index is 251. The smallest absolute Gasteiger partial charge is 0.124 e. The van der Waals surface area contributed by atoms with Gasteiger partial charge in [-0.25, -0.2) is 0 Å². The van der Waals surface area contributed by atoms with Crippen molar-refractivity contribution in [2.45, 2.75) is 6.42 Å². The van der Waals surface area contributed by atoms with Gasteiger partial charge in [-0.1, -0.05) is 6.07 Å². The monoisotopic (exact) mass is 372 g/mol. The van der Waals surface area contributed by atoms with E-state index in [4.69, 9.17) is 0 Å². The molecule has 0 N–H and O–H groups in total. The zero-order valence-corrected chi connectivity index (χ0v) is 10.00. The first-order chi connectivity index (χ1) is 5.25. The molecule has 1 aromatic carbocycles. The van der Waals surface area contributed by atoms with E-state index in [1.165, 1.54) is 7.14 Å². The second kappa shape index (κ2) is 4.39. The van der Waals surface area contributed by atoms with E-state index in [0.29, 0.717) is 6.42 Å². The van der Waals surface area contributed by atoms with E-state index < -0.39 is 0 Å². The highest BCUT2D eigenvalue weighted by molar-refractivity contribution is 14.1. The molecule has 1 aromatic rings. The van der Waals surface area contributed by atoms with Crippen molar-refractivity contribution < 1.29 is 4.79 Å². The number of rotatable bonds is 2. The van der Waals surface area contributed by atoms with Crippen LogP contribution in [-0.4, -0.2) is 6.29 Å². The summed E-state index contributed by atoms with van der Waals surface area (Å²) in [5.41, 5.74) is 1.14. The first-order valence-corrected chi connectivity index (χ1v) is 5.28. The summed E-state index contributed by atoms with van der Waals surface area (Å²) in [6.07, 6.45) is 1.47. The fraction of sp³-hybridized carbons (Fsp3) is 0.125. The lowest BCUT2D eigenvalue weighted by Crippen LogP contribution is -1.93. The average molecular weight is 372 g/mol. The van der Waals surface area contributed by atoms with E-state index in [1.807, 2.05) is 18.2 Å². The lowest BCUT2D eigenvalue weighted by Gasteiger charge is -2.01. The molecule has 0 spiro atoms. The number of hydrogen-bond acceptors (Lipinski definition) is 1. The van der Waals surface area contributed by atoms with Crippen LogP contribution < -0.4 is 0 Å². The van der Waals surface area contributed by atoms with Gasteiger partial charge in [0.25, 0.3) is 0 Å². The molecule has 0 bridgehead atoms. The van der Waals surface area contributed by atoms with E-state index in [0.717, 1.165) is 11.8 Å². The van der Waals surface area contributed by atoms with E-state index in [9.17, 15) is 4.79 Å². The number of carbonyl (C=O) groups is 1. The van der Waals surface area contributed by atoms with Crippen LogP contribution in [0, 0.1) is 7.14 Å². The van der Waals surface area contributed by atoms with E-state index in [2.05, 4.69) is 45.2 Å². The molecule has 0 unspecified atom stereocenters. The van der Waals surface area contributed by atoms with Crippen molar-refractivity contribution in [3.63, 3.8) is 0 Å². The number of carbonyl (C=O) groups excluding carboxylic acids is 1. The van der Waals surface area contributed by atoms with Gasteiger partial charge < -0.3 is 4.79 Å². The fourth-order valence-corrected chi connectivity index (χ4v) is 2.76. The molecule has 0 atom stereocenters. The third-order valence-corrected chi connectivity index (χ3v) is 3.37. The Labute approximate surface area is 92.8 Å². The van der Waals surface area contributed by atoms with E-state index in [-0.39, 0.29) is 0 Å². The molecule has 1 nitrogen and oxygen atoms in total. The lowest BCUT2D eigenvalue weighted by atomic mass is 10.2. The van der Waals surface area contributed by atoms with Crippen LogP contribution in [0.3, 0.4) is 0 Å². The van der Waals surface area contributed by atoms with Crippen molar-refractivity contribution in [3.8, 4) is 0 Å². The molecule has 11 heavy (non-hydrogen) atoms. The molecule has 1 rings (SSSR count). The third kappa shape index (κ3) is 2.40. The average Bonchev–Trinajstić information content (AvgIpc) is 1.97. The van der Waals surface area contributed by atoms with Crippen LogP contribution in [0.2, 0.25) is 0 Å². The summed E-state index contributed by atoms with van der Waals surface area (Å²) in [5.74, 6) is 0. The number of benzene rings is 1. The van der Waals surface area contributed by atoms with Gasteiger partial charge in [-0.05, 0) is 62.9 Å². The van der Waals surface area contributed by atoms with Gasteiger partial charge in [-0.15, -0.1) is 0 Å². The van der Waals surface area contributed by atoms with Gasteiger partial charge in [-0.3, -0.25) is 0 Å². The van der Waals surface area contributed by atoms with Crippen molar-refractivity contribution in [1.29, 1.82) is 0 Å². The molecule has 0 aromatic heterocycles. The first-order valence-electron chi connectivity index (χ1n) is 3.12. The van der Waals surface area contributed by atoms with Gasteiger partial charge in [-0.2, -0.15) is 0 Å². The van der Waals surface area contributed by atoms with E-state index >= 15 is 0 Å². The van der Waals surface area contributed by atoms with Gasteiger partial charge in [0.1, 0.15) is 6.29 Å².